The van der Waals surface area contributed by atoms with E-state index >= 15 is 0 Å². The van der Waals surface area contributed by atoms with Gasteiger partial charge in [0, 0.05) is 12.6 Å². The number of amides is 1. The number of nitrogens with one attached hydrogen (secondary N) is 1. The SMILES string of the molecule is CC(C)Cn1c(SC(C(=O)NC2CC2)c2ccccc2)nnc1-c1ccco1. The maximum absolute atomic E-state index is 13.0. The number of carbonyl (C=O) groups excluding carboxylic acids is 1. The number of thioether (sulfide) groups is 1. The van der Waals surface area contributed by atoms with Crippen molar-refractivity contribution < 1.29 is 9.21 Å². The minimum atomic E-state index is -0.374. The summed E-state index contributed by atoms with van der Waals surface area (Å²) in [5.74, 6) is 1.80. The quantitative estimate of drug-likeness (QED) is 0.575. The Morgan fingerprint density at radius 3 is 2.64 bits per heavy atom. The molecule has 1 aliphatic rings. The largest absolute Gasteiger partial charge is 0.461 e. The molecular formula is C21H24N4O2S. The summed E-state index contributed by atoms with van der Waals surface area (Å²) in [6, 6.07) is 13.9. The van der Waals surface area contributed by atoms with E-state index in [0.717, 1.165) is 30.1 Å². The third-order valence-electron chi connectivity index (χ3n) is 4.49. The van der Waals surface area contributed by atoms with E-state index in [1.54, 1.807) is 6.26 Å². The molecule has 0 saturated heterocycles. The molecule has 2 heterocycles. The maximum atomic E-state index is 13.0. The van der Waals surface area contributed by atoms with Crippen LogP contribution in [0.2, 0.25) is 0 Å². The molecular weight excluding hydrogens is 372 g/mol. The molecule has 146 valence electrons. The zero-order valence-electron chi connectivity index (χ0n) is 16.0. The van der Waals surface area contributed by atoms with Gasteiger partial charge in [-0.3, -0.25) is 9.36 Å². The maximum Gasteiger partial charge on any atom is 0.238 e. The molecule has 3 aromatic rings. The van der Waals surface area contributed by atoms with Gasteiger partial charge in [-0.1, -0.05) is 55.9 Å². The molecule has 0 spiro atoms. The Kier molecular flexibility index (Phi) is 5.52. The highest BCUT2D eigenvalue weighted by molar-refractivity contribution is 8.00. The topological polar surface area (TPSA) is 73.0 Å². The molecule has 4 rings (SSSR count). The molecule has 0 radical (unpaired) electrons. The molecule has 1 fully saturated rings. The van der Waals surface area contributed by atoms with Crippen LogP contribution in [0.3, 0.4) is 0 Å². The summed E-state index contributed by atoms with van der Waals surface area (Å²) in [7, 11) is 0. The number of furan rings is 1. The molecule has 28 heavy (non-hydrogen) atoms. The molecule has 6 nitrogen and oxygen atoms in total. The summed E-state index contributed by atoms with van der Waals surface area (Å²) in [6.45, 7) is 5.04. The average molecular weight is 397 g/mol. The van der Waals surface area contributed by atoms with Crippen LogP contribution in [0, 0.1) is 5.92 Å². The molecule has 1 aromatic carbocycles. The summed E-state index contributed by atoms with van der Waals surface area (Å²) < 4.78 is 7.59. The summed E-state index contributed by atoms with van der Waals surface area (Å²) >= 11 is 1.44. The molecule has 0 aliphatic heterocycles. The summed E-state index contributed by atoms with van der Waals surface area (Å²) in [5, 5.41) is 12.2. The van der Waals surface area contributed by atoms with Crippen molar-refractivity contribution in [3.63, 3.8) is 0 Å². The van der Waals surface area contributed by atoms with Crippen molar-refractivity contribution in [3.05, 3.63) is 54.3 Å². The van der Waals surface area contributed by atoms with Crippen molar-refractivity contribution in [1.29, 1.82) is 0 Å². The predicted octanol–water partition coefficient (Wildman–Crippen LogP) is 4.31. The highest BCUT2D eigenvalue weighted by Crippen LogP contribution is 2.37. The van der Waals surface area contributed by atoms with E-state index in [2.05, 4.69) is 33.9 Å². The van der Waals surface area contributed by atoms with Crippen molar-refractivity contribution in [1.82, 2.24) is 20.1 Å². The fourth-order valence-electron chi connectivity index (χ4n) is 3.00. The zero-order chi connectivity index (χ0) is 19.5. The van der Waals surface area contributed by atoms with Crippen LogP contribution >= 0.6 is 11.8 Å². The van der Waals surface area contributed by atoms with Crippen LogP contribution < -0.4 is 5.32 Å². The van der Waals surface area contributed by atoms with Crippen LogP contribution in [0.4, 0.5) is 0 Å². The lowest BCUT2D eigenvalue weighted by atomic mass is 10.1. The molecule has 1 aliphatic carbocycles. The molecule has 1 N–H and O–H groups in total. The van der Waals surface area contributed by atoms with E-state index in [9.17, 15) is 4.79 Å². The lowest BCUT2D eigenvalue weighted by Crippen LogP contribution is -2.30. The van der Waals surface area contributed by atoms with Crippen molar-refractivity contribution in [2.45, 2.75) is 49.7 Å². The lowest BCUT2D eigenvalue weighted by molar-refractivity contribution is -0.120. The third-order valence-corrected chi connectivity index (χ3v) is 5.73. The fourth-order valence-corrected chi connectivity index (χ4v) is 4.06. The highest BCUT2D eigenvalue weighted by atomic mass is 32.2. The highest BCUT2D eigenvalue weighted by Gasteiger charge is 2.31. The molecule has 1 atom stereocenters. The van der Waals surface area contributed by atoms with Crippen LogP contribution in [0.1, 0.15) is 37.5 Å². The number of benzene rings is 1. The molecule has 2 aromatic heterocycles. The van der Waals surface area contributed by atoms with Crippen LogP contribution in [-0.4, -0.2) is 26.7 Å². The predicted molar refractivity (Wildman–Crippen MR) is 109 cm³/mol. The standard InChI is InChI=1S/C21H24N4O2S/c1-14(2)13-25-19(17-9-6-12-27-17)23-24-21(25)28-18(15-7-4-3-5-8-15)20(26)22-16-10-11-16/h3-9,12,14,16,18H,10-11,13H2,1-2H3,(H,22,26). The third kappa shape index (κ3) is 4.30. The van der Waals surface area contributed by atoms with Gasteiger partial charge in [-0.05, 0) is 36.5 Å². The molecule has 1 unspecified atom stereocenters. The van der Waals surface area contributed by atoms with Gasteiger partial charge in [0.25, 0.3) is 0 Å². The summed E-state index contributed by atoms with van der Waals surface area (Å²) in [4.78, 5) is 13.0. The Balaban J connectivity index is 1.66. The number of rotatable bonds is 8. The van der Waals surface area contributed by atoms with Crippen molar-refractivity contribution >= 4 is 17.7 Å². The Hall–Kier alpha value is -2.54. The zero-order valence-corrected chi connectivity index (χ0v) is 16.9. The first-order chi connectivity index (χ1) is 13.6. The molecule has 7 heteroatoms. The van der Waals surface area contributed by atoms with Gasteiger partial charge in [-0.25, -0.2) is 0 Å². The van der Waals surface area contributed by atoms with Gasteiger partial charge < -0.3 is 9.73 Å². The Bertz CT molecular complexity index is 917. The van der Waals surface area contributed by atoms with Crippen molar-refractivity contribution in [2.24, 2.45) is 5.92 Å². The van der Waals surface area contributed by atoms with Gasteiger partial charge in [-0.15, -0.1) is 10.2 Å². The van der Waals surface area contributed by atoms with Gasteiger partial charge in [0.15, 0.2) is 16.7 Å². The Labute approximate surface area is 168 Å². The van der Waals surface area contributed by atoms with Crippen molar-refractivity contribution in [3.8, 4) is 11.6 Å². The Morgan fingerprint density at radius 2 is 2.00 bits per heavy atom. The lowest BCUT2D eigenvalue weighted by Gasteiger charge is -2.18. The van der Waals surface area contributed by atoms with E-state index < -0.39 is 0 Å². The summed E-state index contributed by atoms with van der Waals surface area (Å²) in [5.41, 5.74) is 0.962. The van der Waals surface area contributed by atoms with Gasteiger partial charge in [0.2, 0.25) is 5.91 Å². The number of hydrogen-bond donors (Lipinski definition) is 1. The molecule has 1 saturated carbocycles. The number of nitrogens with zero attached hydrogens (tertiary/aromatic N) is 3. The average Bonchev–Trinajstić information content (AvgIpc) is 3.17. The van der Waals surface area contributed by atoms with E-state index in [-0.39, 0.29) is 11.2 Å². The second kappa shape index (κ2) is 8.22. The molecule has 1 amide bonds. The van der Waals surface area contributed by atoms with E-state index in [1.807, 2.05) is 42.5 Å². The first kappa shape index (κ1) is 18.8. The number of hydrogen-bond acceptors (Lipinski definition) is 5. The van der Waals surface area contributed by atoms with Crippen LogP contribution in [-0.2, 0) is 11.3 Å². The van der Waals surface area contributed by atoms with E-state index in [0.29, 0.717) is 23.5 Å². The van der Waals surface area contributed by atoms with Gasteiger partial charge in [0.1, 0.15) is 5.25 Å². The molecule has 0 bridgehead atoms. The Morgan fingerprint density at radius 1 is 1.21 bits per heavy atom. The van der Waals surface area contributed by atoms with Crippen LogP contribution in [0.25, 0.3) is 11.6 Å². The van der Waals surface area contributed by atoms with Crippen LogP contribution in [0.5, 0.6) is 0 Å². The minimum Gasteiger partial charge on any atom is -0.461 e. The van der Waals surface area contributed by atoms with Gasteiger partial charge in [0.05, 0.1) is 6.26 Å². The van der Waals surface area contributed by atoms with Gasteiger partial charge in [-0.2, -0.15) is 0 Å². The first-order valence-corrected chi connectivity index (χ1v) is 10.5. The number of carbonyl (C=O) groups is 1. The minimum absolute atomic E-state index is 0.0253. The van der Waals surface area contributed by atoms with E-state index in [4.69, 9.17) is 4.42 Å². The fraction of sp³-hybridized carbons (Fsp3) is 0.381. The van der Waals surface area contributed by atoms with Crippen LogP contribution in [0.15, 0.2) is 58.3 Å². The normalized spacial score (nSPS) is 15.0. The summed E-state index contributed by atoms with van der Waals surface area (Å²) in [6.07, 6.45) is 3.75. The van der Waals surface area contributed by atoms with E-state index in [1.165, 1.54) is 11.8 Å². The first-order valence-electron chi connectivity index (χ1n) is 9.61. The number of aromatic nitrogens is 3. The monoisotopic (exact) mass is 396 g/mol. The second-order valence-electron chi connectivity index (χ2n) is 7.48. The van der Waals surface area contributed by atoms with Gasteiger partial charge >= 0.3 is 0 Å². The van der Waals surface area contributed by atoms with Crippen molar-refractivity contribution in [2.75, 3.05) is 0 Å². The second-order valence-corrected chi connectivity index (χ2v) is 8.55. The smallest absolute Gasteiger partial charge is 0.238 e.